The molecular weight excluding hydrogens is 233 g/mol. The zero-order valence-electron chi connectivity index (χ0n) is 8.53. The molecule has 0 spiro atoms. The molecule has 1 atom stereocenters. The third-order valence-electron chi connectivity index (χ3n) is 2.48. The fraction of sp³-hybridized carbons (Fsp3) is 0.364. The highest BCUT2D eigenvalue weighted by Crippen LogP contribution is 2.25. The van der Waals surface area contributed by atoms with E-state index in [4.69, 9.17) is 16.3 Å². The van der Waals surface area contributed by atoms with Crippen LogP contribution in [0.1, 0.15) is 11.7 Å². The summed E-state index contributed by atoms with van der Waals surface area (Å²) in [4.78, 5) is 12.9. The van der Waals surface area contributed by atoms with Crippen molar-refractivity contribution >= 4 is 17.7 Å². The normalized spacial score (nSPS) is 20.0. The summed E-state index contributed by atoms with van der Waals surface area (Å²) in [7, 11) is 0. The van der Waals surface area contributed by atoms with Gasteiger partial charge in [0.25, 0.3) is 0 Å². The van der Waals surface area contributed by atoms with Crippen LogP contribution in [0.25, 0.3) is 0 Å². The van der Waals surface area contributed by atoms with E-state index in [2.05, 4.69) is 0 Å². The Morgan fingerprint density at radius 1 is 1.44 bits per heavy atom. The quantitative estimate of drug-likeness (QED) is 0.764. The Labute approximate surface area is 97.8 Å². The maximum Gasteiger partial charge on any atom is 0.410 e. The smallest absolute Gasteiger partial charge is 0.410 e. The molecule has 0 radical (unpaired) electrons. The number of hydrogen-bond donors (Lipinski definition) is 0. The molecule has 1 aliphatic heterocycles. The van der Waals surface area contributed by atoms with Gasteiger partial charge in [-0.15, -0.1) is 11.6 Å². The van der Waals surface area contributed by atoms with E-state index in [9.17, 15) is 9.18 Å². The van der Waals surface area contributed by atoms with Gasteiger partial charge in [-0.05, 0) is 17.7 Å². The van der Waals surface area contributed by atoms with Gasteiger partial charge in [-0.2, -0.15) is 0 Å². The van der Waals surface area contributed by atoms with E-state index in [1.807, 2.05) is 0 Å². The number of nitrogens with zero attached hydrogens (tertiary/aromatic N) is 1. The lowest BCUT2D eigenvalue weighted by Gasteiger charge is -2.10. The first-order chi connectivity index (χ1) is 7.70. The van der Waals surface area contributed by atoms with Crippen LogP contribution in [-0.2, 0) is 4.74 Å². The zero-order chi connectivity index (χ0) is 11.5. The highest BCUT2D eigenvalue weighted by molar-refractivity contribution is 6.18. The van der Waals surface area contributed by atoms with Crippen LogP contribution >= 0.6 is 11.6 Å². The molecule has 86 valence electrons. The summed E-state index contributed by atoms with van der Waals surface area (Å²) in [5.41, 5.74) is 0.798. The molecule has 0 aromatic heterocycles. The van der Waals surface area contributed by atoms with Gasteiger partial charge in [0.05, 0.1) is 6.54 Å². The van der Waals surface area contributed by atoms with Crippen molar-refractivity contribution in [3.05, 3.63) is 35.6 Å². The number of rotatable bonds is 3. The van der Waals surface area contributed by atoms with E-state index < -0.39 is 0 Å². The van der Waals surface area contributed by atoms with Crippen LogP contribution in [0.3, 0.4) is 0 Å². The number of halogens is 2. The summed E-state index contributed by atoms with van der Waals surface area (Å²) in [6.07, 6.45) is -0.689. The Balaban J connectivity index is 2.07. The fourth-order valence-electron chi connectivity index (χ4n) is 1.64. The van der Waals surface area contributed by atoms with Gasteiger partial charge >= 0.3 is 6.09 Å². The van der Waals surface area contributed by atoms with E-state index in [0.29, 0.717) is 19.0 Å². The number of cyclic esters (lactones) is 1. The summed E-state index contributed by atoms with van der Waals surface area (Å²) in [6, 6.07) is 5.95. The molecule has 16 heavy (non-hydrogen) atoms. The van der Waals surface area contributed by atoms with Gasteiger partial charge in [-0.1, -0.05) is 12.1 Å². The monoisotopic (exact) mass is 243 g/mol. The standard InChI is InChI=1S/C11H11ClFNO2/c12-5-6-14-7-10(16-11(14)15)8-1-3-9(13)4-2-8/h1-4,10H,5-7H2. The van der Waals surface area contributed by atoms with Gasteiger partial charge in [0.1, 0.15) is 11.9 Å². The van der Waals surface area contributed by atoms with E-state index in [0.717, 1.165) is 5.56 Å². The molecule has 1 amide bonds. The summed E-state index contributed by atoms with van der Waals surface area (Å²) in [5.74, 6) is 0.0799. The molecule has 1 aliphatic rings. The predicted octanol–water partition coefficient (Wildman–Crippen LogP) is 2.56. The van der Waals surface area contributed by atoms with Gasteiger partial charge in [0, 0.05) is 12.4 Å². The number of benzene rings is 1. The van der Waals surface area contributed by atoms with Gasteiger partial charge in [0.2, 0.25) is 0 Å². The lowest BCUT2D eigenvalue weighted by atomic mass is 10.1. The average Bonchev–Trinajstić information content (AvgIpc) is 2.62. The number of alkyl halides is 1. The third-order valence-corrected chi connectivity index (χ3v) is 2.65. The van der Waals surface area contributed by atoms with Crippen molar-refractivity contribution in [1.29, 1.82) is 0 Å². The van der Waals surface area contributed by atoms with Crippen LogP contribution in [0.4, 0.5) is 9.18 Å². The second kappa shape index (κ2) is 4.70. The molecule has 1 fully saturated rings. The molecule has 1 heterocycles. The van der Waals surface area contributed by atoms with Crippen molar-refractivity contribution in [2.24, 2.45) is 0 Å². The molecule has 0 aliphatic carbocycles. The van der Waals surface area contributed by atoms with Crippen LogP contribution in [-0.4, -0.2) is 30.0 Å². The maximum absolute atomic E-state index is 12.7. The van der Waals surface area contributed by atoms with Crippen molar-refractivity contribution in [3.8, 4) is 0 Å². The predicted molar refractivity (Wildman–Crippen MR) is 57.9 cm³/mol. The number of hydrogen-bond acceptors (Lipinski definition) is 2. The Bertz CT molecular complexity index is 382. The van der Waals surface area contributed by atoms with Crippen LogP contribution in [0, 0.1) is 5.82 Å². The van der Waals surface area contributed by atoms with Gasteiger partial charge in [-0.3, -0.25) is 0 Å². The average molecular weight is 244 g/mol. The molecule has 1 aromatic rings. The van der Waals surface area contributed by atoms with E-state index in [1.165, 1.54) is 12.1 Å². The summed E-state index contributed by atoms with van der Waals surface area (Å²) in [5, 5.41) is 0. The van der Waals surface area contributed by atoms with Crippen LogP contribution in [0.2, 0.25) is 0 Å². The Morgan fingerprint density at radius 2 is 2.12 bits per heavy atom. The molecular formula is C11H11ClFNO2. The van der Waals surface area contributed by atoms with Crippen molar-refractivity contribution in [3.63, 3.8) is 0 Å². The highest BCUT2D eigenvalue weighted by Gasteiger charge is 2.31. The van der Waals surface area contributed by atoms with E-state index >= 15 is 0 Å². The molecule has 5 heteroatoms. The van der Waals surface area contributed by atoms with E-state index in [-0.39, 0.29) is 18.0 Å². The minimum Gasteiger partial charge on any atom is -0.439 e. The third kappa shape index (κ3) is 2.27. The molecule has 0 bridgehead atoms. The minimum atomic E-state index is -0.366. The minimum absolute atomic E-state index is 0.300. The molecule has 3 nitrogen and oxygen atoms in total. The van der Waals surface area contributed by atoms with Crippen LogP contribution < -0.4 is 0 Å². The molecule has 0 saturated carbocycles. The fourth-order valence-corrected chi connectivity index (χ4v) is 1.85. The lowest BCUT2D eigenvalue weighted by molar-refractivity contribution is 0.133. The number of carbonyl (C=O) groups is 1. The van der Waals surface area contributed by atoms with Gasteiger partial charge < -0.3 is 9.64 Å². The number of amides is 1. The Kier molecular flexibility index (Phi) is 3.29. The van der Waals surface area contributed by atoms with Crippen molar-refractivity contribution in [2.45, 2.75) is 6.10 Å². The van der Waals surface area contributed by atoms with Crippen molar-refractivity contribution < 1.29 is 13.9 Å². The molecule has 0 N–H and O–H groups in total. The van der Waals surface area contributed by atoms with Crippen molar-refractivity contribution in [1.82, 2.24) is 4.90 Å². The first kappa shape index (κ1) is 11.2. The maximum atomic E-state index is 12.7. The summed E-state index contributed by atoms with van der Waals surface area (Å²) < 4.78 is 17.9. The van der Waals surface area contributed by atoms with Gasteiger partial charge in [-0.25, -0.2) is 9.18 Å². The molecule has 2 rings (SSSR count). The lowest BCUT2D eigenvalue weighted by Crippen LogP contribution is -2.26. The SMILES string of the molecule is O=C1OC(c2ccc(F)cc2)CN1CCCl. The number of carbonyl (C=O) groups excluding carboxylic acids is 1. The van der Waals surface area contributed by atoms with Gasteiger partial charge in [0.15, 0.2) is 0 Å². The number of ether oxygens (including phenoxy) is 1. The Hall–Kier alpha value is -1.29. The van der Waals surface area contributed by atoms with Crippen molar-refractivity contribution in [2.75, 3.05) is 19.0 Å². The highest BCUT2D eigenvalue weighted by atomic mass is 35.5. The first-order valence-electron chi connectivity index (χ1n) is 4.97. The largest absolute Gasteiger partial charge is 0.439 e. The topological polar surface area (TPSA) is 29.5 Å². The van der Waals surface area contributed by atoms with Crippen LogP contribution in [0.15, 0.2) is 24.3 Å². The second-order valence-corrected chi connectivity index (χ2v) is 3.94. The molecule has 1 saturated heterocycles. The molecule has 1 aromatic carbocycles. The molecule has 1 unspecified atom stereocenters. The zero-order valence-corrected chi connectivity index (χ0v) is 9.28. The first-order valence-corrected chi connectivity index (χ1v) is 5.51. The summed E-state index contributed by atoms with van der Waals surface area (Å²) >= 11 is 5.56. The van der Waals surface area contributed by atoms with Crippen LogP contribution in [0.5, 0.6) is 0 Å². The van der Waals surface area contributed by atoms with E-state index in [1.54, 1.807) is 17.0 Å². The Morgan fingerprint density at radius 3 is 2.75 bits per heavy atom. The summed E-state index contributed by atoms with van der Waals surface area (Å²) in [6.45, 7) is 0.940. The second-order valence-electron chi connectivity index (χ2n) is 3.56.